The number of pyridine rings is 1. The molecule has 0 fully saturated rings. The highest BCUT2D eigenvalue weighted by molar-refractivity contribution is 6.17. The molecule has 0 unspecified atom stereocenters. The number of aryl methyl sites for hydroxylation is 2. The number of benzene rings is 1. The van der Waals surface area contributed by atoms with Crippen molar-refractivity contribution in [2.24, 2.45) is 4.99 Å². The van der Waals surface area contributed by atoms with E-state index < -0.39 is 0 Å². The van der Waals surface area contributed by atoms with Crippen LogP contribution in [0.3, 0.4) is 0 Å². The van der Waals surface area contributed by atoms with Crippen LogP contribution in [0.2, 0.25) is 0 Å². The normalized spacial score (nSPS) is 15.9. The van der Waals surface area contributed by atoms with Gasteiger partial charge in [-0.2, -0.15) is 0 Å². The van der Waals surface area contributed by atoms with Crippen LogP contribution in [0.4, 0.5) is 5.69 Å². The number of aromatic nitrogens is 1. The van der Waals surface area contributed by atoms with E-state index in [1.165, 1.54) is 5.56 Å². The Hall–Kier alpha value is -2.42. The molecule has 0 atom stereocenters. The highest BCUT2D eigenvalue weighted by Crippen LogP contribution is 2.38. The van der Waals surface area contributed by atoms with Gasteiger partial charge in [0.2, 0.25) is 0 Å². The van der Waals surface area contributed by atoms with Crippen molar-refractivity contribution < 1.29 is 0 Å². The number of nitrogens with zero attached hydrogens (tertiary/aromatic N) is 3. The Kier molecular flexibility index (Phi) is 3.59. The largest absolute Gasteiger partial charge is 0.321 e. The van der Waals surface area contributed by atoms with Crippen LogP contribution < -0.4 is 4.90 Å². The Morgan fingerprint density at radius 2 is 1.87 bits per heavy atom. The molecule has 23 heavy (non-hydrogen) atoms. The van der Waals surface area contributed by atoms with Gasteiger partial charge in [0.25, 0.3) is 0 Å². The fourth-order valence-electron chi connectivity index (χ4n) is 3.21. The third-order valence-electron chi connectivity index (χ3n) is 4.33. The number of hydrogen-bond acceptors (Lipinski definition) is 3. The Bertz CT molecular complexity index is 815. The molecule has 0 N–H and O–H groups in total. The van der Waals surface area contributed by atoms with E-state index in [1.54, 1.807) is 0 Å². The number of rotatable bonds is 2. The highest BCUT2D eigenvalue weighted by Gasteiger charge is 2.34. The zero-order valence-corrected chi connectivity index (χ0v) is 14.5. The maximum atomic E-state index is 5.04. The second kappa shape index (κ2) is 5.34. The Balaban J connectivity index is 2.25. The van der Waals surface area contributed by atoms with Crippen molar-refractivity contribution in [1.29, 1.82) is 0 Å². The summed E-state index contributed by atoms with van der Waals surface area (Å²) in [7, 11) is 0. The molecule has 0 amide bonds. The van der Waals surface area contributed by atoms with Gasteiger partial charge in [-0.25, -0.2) is 0 Å². The summed E-state index contributed by atoms with van der Waals surface area (Å²) >= 11 is 0. The van der Waals surface area contributed by atoms with E-state index in [2.05, 4.69) is 67.6 Å². The first-order valence-corrected chi connectivity index (χ1v) is 7.90. The van der Waals surface area contributed by atoms with Crippen LogP contribution in [0.15, 0.2) is 53.8 Å². The van der Waals surface area contributed by atoms with E-state index in [4.69, 9.17) is 4.99 Å². The van der Waals surface area contributed by atoms with Crippen molar-refractivity contribution in [1.82, 2.24) is 4.98 Å². The fourth-order valence-corrected chi connectivity index (χ4v) is 3.21. The van der Waals surface area contributed by atoms with Gasteiger partial charge in [0.1, 0.15) is 5.66 Å². The summed E-state index contributed by atoms with van der Waals surface area (Å²) < 4.78 is 0. The summed E-state index contributed by atoms with van der Waals surface area (Å²) in [6.45, 7) is 14.5. The van der Waals surface area contributed by atoms with E-state index in [-0.39, 0.29) is 5.66 Å². The maximum absolute atomic E-state index is 5.04. The lowest BCUT2D eigenvalue weighted by Crippen LogP contribution is -2.45. The lowest BCUT2D eigenvalue weighted by molar-refractivity contribution is 0.511. The lowest BCUT2D eigenvalue weighted by atomic mass is 9.94. The molecular weight excluding hydrogens is 282 g/mol. The number of aliphatic imine (C=N–C) groups is 1. The minimum Gasteiger partial charge on any atom is -0.321 e. The molecule has 118 valence electrons. The minimum absolute atomic E-state index is 0.381. The van der Waals surface area contributed by atoms with Gasteiger partial charge < -0.3 is 4.90 Å². The molecule has 1 aliphatic heterocycles. The summed E-state index contributed by atoms with van der Waals surface area (Å²) in [4.78, 5) is 11.8. The summed E-state index contributed by atoms with van der Waals surface area (Å²) in [6, 6.07) is 10.5. The van der Waals surface area contributed by atoms with Crippen molar-refractivity contribution in [2.45, 2.75) is 40.3 Å². The number of para-hydroxylation sites is 1. The van der Waals surface area contributed by atoms with Crippen LogP contribution >= 0.6 is 0 Å². The monoisotopic (exact) mass is 305 g/mol. The van der Waals surface area contributed by atoms with E-state index in [0.29, 0.717) is 0 Å². The average Bonchev–Trinajstić information content (AvgIpc) is 2.48. The summed E-state index contributed by atoms with van der Waals surface area (Å²) in [5.74, 6) is 0. The smallest absolute Gasteiger partial charge is 0.131 e. The molecule has 1 aliphatic rings. The molecule has 3 nitrogen and oxygen atoms in total. The molecule has 0 aliphatic carbocycles. The molecule has 3 heteroatoms. The lowest BCUT2D eigenvalue weighted by Gasteiger charge is -2.42. The Morgan fingerprint density at radius 3 is 2.52 bits per heavy atom. The standard InChI is InChI=1S/C20H23N3/c1-13(2)23-18-10-8-7-9-17(18)19(22-20(23,5)6)16-11-14(3)15(4)21-12-16/h7-12H,1H2,2-6H3. The van der Waals surface area contributed by atoms with Crippen LogP contribution in [-0.4, -0.2) is 16.4 Å². The second-order valence-electron chi connectivity index (χ2n) is 6.67. The van der Waals surface area contributed by atoms with Gasteiger partial charge >= 0.3 is 0 Å². The minimum atomic E-state index is -0.381. The number of fused-ring (bicyclic) bond motifs is 1. The van der Waals surface area contributed by atoms with Crippen molar-refractivity contribution in [3.8, 4) is 0 Å². The Labute approximate surface area is 138 Å². The molecule has 2 heterocycles. The van der Waals surface area contributed by atoms with Crippen LogP contribution in [0, 0.1) is 13.8 Å². The van der Waals surface area contributed by atoms with Gasteiger partial charge in [0.15, 0.2) is 0 Å². The molecule has 2 aromatic rings. The summed E-state index contributed by atoms with van der Waals surface area (Å²) in [5.41, 5.74) is 7.18. The van der Waals surface area contributed by atoms with Crippen molar-refractivity contribution in [3.63, 3.8) is 0 Å². The van der Waals surface area contributed by atoms with Gasteiger partial charge in [-0.15, -0.1) is 0 Å². The number of allylic oxidation sites excluding steroid dienone is 1. The predicted molar refractivity (Wildman–Crippen MR) is 97.2 cm³/mol. The van der Waals surface area contributed by atoms with Crippen LogP contribution in [0.5, 0.6) is 0 Å². The van der Waals surface area contributed by atoms with Crippen molar-refractivity contribution in [2.75, 3.05) is 4.90 Å². The third kappa shape index (κ3) is 2.56. The SMILES string of the molecule is C=C(C)N1c2ccccc2C(c2cnc(C)c(C)c2)=NC1(C)C. The van der Waals surface area contributed by atoms with Gasteiger partial charge in [0, 0.05) is 28.7 Å². The van der Waals surface area contributed by atoms with Crippen molar-refractivity contribution in [3.05, 3.63) is 71.2 Å². The first-order chi connectivity index (χ1) is 10.8. The molecule has 0 bridgehead atoms. The van der Waals surface area contributed by atoms with E-state index in [0.717, 1.165) is 33.9 Å². The van der Waals surface area contributed by atoms with Gasteiger partial charge in [0.05, 0.1) is 11.4 Å². The van der Waals surface area contributed by atoms with E-state index in [1.807, 2.05) is 20.0 Å². The van der Waals surface area contributed by atoms with E-state index in [9.17, 15) is 0 Å². The van der Waals surface area contributed by atoms with Gasteiger partial charge in [-0.3, -0.25) is 9.98 Å². The third-order valence-corrected chi connectivity index (χ3v) is 4.33. The maximum Gasteiger partial charge on any atom is 0.131 e. The molecule has 1 aromatic carbocycles. The van der Waals surface area contributed by atoms with Crippen molar-refractivity contribution >= 4 is 11.4 Å². The van der Waals surface area contributed by atoms with Gasteiger partial charge in [-0.1, -0.05) is 24.8 Å². The summed E-state index contributed by atoms with van der Waals surface area (Å²) in [5, 5.41) is 0. The van der Waals surface area contributed by atoms with E-state index >= 15 is 0 Å². The predicted octanol–water partition coefficient (Wildman–Crippen LogP) is 4.63. The molecule has 3 rings (SSSR count). The fraction of sp³-hybridized carbons (Fsp3) is 0.300. The molecule has 0 saturated carbocycles. The highest BCUT2D eigenvalue weighted by atomic mass is 15.3. The van der Waals surface area contributed by atoms with Crippen LogP contribution in [0.25, 0.3) is 0 Å². The zero-order chi connectivity index (χ0) is 16.8. The molecule has 0 spiro atoms. The first-order valence-electron chi connectivity index (χ1n) is 7.90. The quantitative estimate of drug-likeness (QED) is 0.809. The topological polar surface area (TPSA) is 28.5 Å². The van der Waals surface area contributed by atoms with Crippen LogP contribution in [0.1, 0.15) is 43.2 Å². The second-order valence-corrected chi connectivity index (χ2v) is 6.67. The van der Waals surface area contributed by atoms with Gasteiger partial charge in [-0.05, 0) is 52.3 Å². The summed E-state index contributed by atoms with van der Waals surface area (Å²) in [6.07, 6.45) is 1.92. The first kappa shape index (κ1) is 15.5. The molecule has 0 radical (unpaired) electrons. The Morgan fingerprint density at radius 1 is 1.17 bits per heavy atom. The zero-order valence-electron chi connectivity index (χ0n) is 14.5. The molecular formula is C20H23N3. The number of anilines is 1. The molecule has 0 saturated heterocycles. The molecule has 1 aromatic heterocycles. The average molecular weight is 305 g/mol. The van der Waals surface area contributed by atoms with Crippen LogP contribution in [-0.2, 0) is 0 Å². The number of hydrogen-bond donors (Lipinski definition) is 0.